The maximum atomic E-state index is 11.3. The third kappa shape index (κ3) is 4.99. The molecule has 31 heavy (non-hydrogen) atoms. The van der Waals surface area contributed by atoms with Gasteiger partial charge in [-0.2, -0.15) is 0 Å². The number of carboxylic acids is 1. The van der Waals surface area contributed by atoms with Gasteiger partial charge in [-0.05, 0) is 43.8 Å². The normalized spacial score (nSPS) is 15.8. The second-order valence-electron chi connectivity index (χ2n) is 7.35. The standard InChI is InChI=1S/C22H23N7O2/c1-2-17-11-26-21(13-24-17)28-20-8-18(25-10-15-4-3-6-23-9-15)19(12-27-20)29-7-5-16(14-29)22(30)31/h1,5,7-8,11-15,23H,3-4,6,9-10H2,(H,30,31)(H2,25,26,27,28). The number of aromatic carboxylic acids is 1. The van der Waals surface area contributed by atoms with Crippen molar-refractivity contribution in [2.45, 2.75) is 12.8 Å². The first-order chi connectivity index (χ1) is 15.1. The van der Waals surface area contributed by atoms with E-state index in [1.54, 1.807) is 35.4 Å². The van der Waals surface area contributed by atoms with Crippen molar-refractivity contribution in [3.8, 4) is 18.0 Å². The summed E-state index contributed by atoms with van der Waals surface area (Å²) in [4.78, 5) is 24.1. The summed E-state index contributed by atoms with van der Waals surface area (Å²) in [6.07, 6.45) is 15.7. The number of carbonyl (C=O) groups is 1. The zero-order chi connectivity index (χ0) is 21.6. The first kappa shape index (κ1) is 20.4. The summed E-state index contributed by atoms with van der Waals surface area (Å²) in [5, 5.41) is 19.3. The zero-order valence-corrected chi connectivity index (χ0v) is 16.9. The van der Waals surface area contributed by atoms with Crippen LogP contribution >= 0.6 is 0 Å². The Labute approximate surface area is 180 Å². The molecule has 1 unspecified atom stereocenters. The molecule has 0 spiro atoms. The van der Waals surface area contributed by atoms with E-state index in [-0.39, 0.29) is 5.56 Å². The van der Waals surface area contributed by atoms with Crippen molar-refractivity contribution in [1.82, 2.24) is 24.8 Å². The quantitative estimate of drug-likeness (QED) is 0.433. The van der Waals surface area contributed by atoms with E-state index in [0.29, 0.717) is 23.2 Å². The molecule has 1 fully saturated rings. The summed E-state index contributed by atoms with van der Waals surface area (Å²) >= 11 is 0. The topological polar surface area (TPSA) is 117 Å². The highest BCUT2D eigenvalue weighted by Gasteiger charge is 2.15. The lowest BCUT2D eigenvalue weighted by Gasteiger charge is -2.24. The average Bonchev–Trinajstić information content (AvgIpc) is 3.29. The van der Waals surface area contributed by atoms with E-state index in [1.807, 2.05) is 6.07 Å². The van der Waals surface area contributed by atoms with Crippen LogP contribution in [-0.2, 0) is 0 Å². The van der Waals surface area contributed by atoms with Crippen molar-refractivity contribution in [3.05, 3.63) is 54.4 Å². The van der Waals surface area contributed by atoms with Crippen molar-refractivity contribution in [2.75, 3.05) is 30.3 Å². The van der Waals surface area contributed by atoms with Gasteiger partial charge < -0.3 is 25.6 Å². The number of hydrogen-bond acceptors (Lipinski definition) is 7. The fraction of sp³-hybridized carbons (Fsp3) is 0.273. The molecule has 3 aromatic rings. The Bertz CT molecular complexity index is 1100. The van der Waals surface area contributed by atoms with Crippen LogP contribution in [0.15, 0.2) is 43.1 Å². The first-order valence-electron chi connectivity index (χ1n) is 10.0. The molecule has 158 valence electrons. The fourth-order valence-electron chi connectivity index (χ4n) is 3.49. The SMILES string of the molecule is C#Cc1cnc(Nc2cc(NCC3CCCNC3)c(-n3ccc(C(=O)O)c3)cn2)cn1. The van der Waals surface area contributed by atoms with Gasteiger partial charge in [0, 0.05) is 25.0 Å². The van der Waals surface area contributed by atoms with E-state index < -0.39 is 5.97 Å². The third-order valence-corrected chi connectivity index (χ3v) is 5.14. The number of hydrogen-bond donors (Lipinski definition) is 4. The van der Waals surface area contributed by atoms with Crippen LogP contribution in [0.4, 0.5) is 17.3 Å². The number of terminal acetylenes is 1. The highest BCUT2D eigenvalue weighted by atomic mass is 16.4. The molecular weight excluding hydrogens is 394 g/mol. The predicted octanol–water partition coefficient (Wildman–Crippen LogP) is 2.50. The van der Waals surface area contributed by atoms with Crippen LogP contribution in [0.3, 0.4) is 0 Å². The van der Waals surface area contributed by atoms with E-state index in [9.17, 15) is 9.90 Å². The molecule has 1 aliphatic rings. The highest BCUT2D eigenvalue weighted by Crippen LogP contribution is 2.26. The fourth-order valence-corrected chi connectivity index (χ4v) is 3.49. The molecule has 0 bridgehead atoms. The Kier molecular flexibility index (Phi) is 6.10. The molecule has 0 radical (unpaired) electrons. The van der Waals surface area contributed by atoms with Crippen molar-refractivity contribution >= 4 is 23.3 Å². The second kappa shape index (κ2) is 9.28. The Morgan fingerprint density at radius 3 is 2.84 bits per heavy atom. The number of nitrogens with zero attached hydrogens (tertiary/aromatic N) is 4. The van der Waals surface area contributed by atoms with Crippen LogP contribution in [0.1, 0.15) is 28.9 Å². The molecule has 3 aromatic heterocycles. The molecule has 0 amide bonds. The second-order valence-corrected chi connectivity index (χ2v) is 7.35. The van der Waals surface area contributed by atoms with E-state index in [2.05, 4.69) is 36.8 Å². The molecule has 4 rings (SSSR count). The van der Waals surface area contributed by atoms with E-state index in [1.165, 1.54) is 6.20 Å². The van der Waals surface area contributed by atoms with Gasteiger partial charge in [0.05, 0.1) is 35.5 Å². The van der Waals surface area contributed by atoms with E-state index >= 15 is 0 Å². The molecule has 0 saturated carbocycles. The average molecular weight is 417 g/mol. The minimum absolute atomic E-state index is 0.216. The van der Waals surface area contributed by atoms with Gasteiger partial charge in [0.15, 0.2) is 0 Å². The molecular formula is C22H23N7O2. The number of carboxylic acid groups (broad SMARTS) is 1. The van der Waals surface area contributed by atoms with Crippen molar-refractivity contribution < 1.29 is 9.90 Å². The lowest BCUT2D eigenvalue weighted by Crippen LogP contribution is -2.33. The Balaban J connectivity index is 1.59. The van der Waals surface area contributed by atoms with E-state index in [0.717, 1.165) is 43.9 Å². The molecule has 1 saturated heterocycles. The molecule has 0 aromatic carbocycles. The summed E-state index contributed by atoms with van der Waals surface area (Å²) in [5.74, 6) is 3.09. The van der Waals surface area contributed by atoms with E-state index in [4.69, 9.17) is 6.42 Å². The number of piperidine rings is 1. The summed E-state index contributed by atoms with van der Waals surface area (Å²) in [6.45, 7) is 2.83. The molecule has 1 aliphatic heterocycles. The molecule has 4 heterocycles. The molecule has 9 heteroatoms. The monoisotopic (exact) mass is 417 g/mol. The summed E-state index contributed by atoms with van der Waals surface area (Å²) < 4.78 is 1.75. The molecule has 0 aliphatic carbocycles. The summed E-state index contributed by atoms with van der Waals surface area (Å²) in [5.41, 5.74) is 2.27. The highest BCUT2D eigenvalue weighted by molar-refractivity contribution is 5.87. The first-order valence-corrected chi connectivity index (χ1v) is 10.0. The van der Waals surface area contributed by atoms with Crippen LogP contribution in [-0.4, -0.2) is 50.2 Å². The zero-order valence-electron chi connectivity index (χ0n) is 16.9. The Hall–Kier alpha value is -3.90. The minimum Gasteiger partial charge on any atom is -0.478 e. The molecule has 9 nitrogen and oxygen atoms in total. The van der Waals surface area contributed by atoms with Crippen molar-refractivity contribution in [3.63, 3.8) is 0 Å². The summed E-state index contributed by atoms with van der Waals surface area (Å²) in [7, 11) is 0. The van der Waals surface area contributed by atoms with Crippen LogP contribution in [0.5, 0.6) is 0 Å². The molecule has 4 N–H and O–H groups in total. The predicted molar refractivity (Wildman–Crippen MR) is 118 cm³/mol. The Morgan fingerprint density at radius 1 is 1.29 bits per heavy atom. The van der Waals surface area contributed by atoms with Gasteiger partial charge in [-0.25, -0.2) is 19.7 Å². The third-order valence-electron chi connectivity index (χ3n) is 5.14. The maximum absolute atomic E-state index is 11.3. The number of pyridine rings is 1. The lowest BCUT2D eigenvalue weighted by atomic mass is 10.00. The van der Waals surface area contributed by atoms with Gasteiger partial charge >= 0.3 is 5.97 Å². The van der Waals surface area contributed by atoms with Crippen LogP contribution in [0.25, 0.3) is 5.69 Å². The molecule has 1 atom stereocenters. The van der Waals surface area contributed by atoms with Crippen LogP contribution in [0, 0.1) is 18.3 Å². The largest absolute Gasteiger partial charge is 0.478 e. The van der Waals surface area contributed by atoms with Gasteiger partial charge in [-0.3, -0.25) is 0 Å². The minimum atomic E-state index is -0.971. The number of anilines is 3. The van der Waals surface area contributed by atoms with Crippen LogP contribution < -0.4 is 16.0 Å². The number of rotatable bonds is 7. The van der Waals surface area contributed by atoms with Crippen LogP contribution in [0.2, 0.25) is 0 Å². The van der Waals surface area contributed by atoms with Gasteiger partial charge in [0.2, 0.25) is 0 Å². The maximum Gasteiger partial charge on any atom is 0.337 e. The van der Waals surface area contributed by atoms with Gasteiger partial charge in [0.25, 0.3) is 0 Å². The van der Waals surface area contributed by atoms with Gasteiger partial charge in [0.1, 0.15) is 17.3 Å². The Morgan fingerprint density at radius 2 is 2.16 bits per heavy atom. The van der Waals surface area contributed by atoms with Gasteiger partial charge in [-0.15, -0.1) is 6.42 Å². The van der Waals surface area contributed by atoms with Crippen molar-refractivity contribution in [1.29, 1.82) is 0 Å². The summed E-state index contributed by atoms with van der Waals surface area (Å²) in [6, 6.07) is 3.44. The lowest BCUT2D eigenvalue weighted by molar-refractivity contribution is 0.0697. The van der Waals surface area contributed by atoms with Gasteiger partial charge in [-0.1, -0.05) is 0 Å². The number of aromatic nitrogens is 4. The number of nitrogens with one attached hydrogen (secondary N) is 3. The van der Waals surface area contributed by atoms with Crippen molar-refractivity contribution in [2.24, 2.45) is 5.92 Å². The smallest absolute Gasteiger partial charge is 0.337 e.